The van der Waals surface area contributed by atoms with Crippen LogP contribution in [0.5, 0.6) is 0 Å². The van der Waals surface area contributed by atoms with Gasteiger partial charge in [0.1, 0.15) is 3.57 Å². The molecule has 0 amide bonds. The van der Waals surface area contributed by atoms with Crippen molar-refractivity contribution in [3.8, 4) is 0 Å². The van der Waals surface area contributed by atoms with Crippen molar-refractivity contribution in [1.29, 1.82) is 0 Å². The first-order valence-electron chi connectivity index (χ1n) is 6.86. The highest BCUT2D eigenvalue weighted by Gasteiger charge is 2.22. The van der Waals surface area contributed by atoms with E-state index in [0.717, 1.165) is 27.8 Å². The first kappa shape index (κ1) is 13.6. The Labute approximate surface area is 131 Å². The molecule has 3 rings (SSSR count). The monoisotopic (exact) mass is 381 g/mol. The predicted octanol–water partition coefficient (Wildman–Crippen LogP) is 3.78. The Morgan fingerprint density at radius 1 is 1.20 bits per heavy atom. The average Bonchev–Trinajstić information content (AvgIpc) is 2.98. The maximum atomic E-state index is 12.1. The third-order valence-electron chi connectivity index (χ3n) is 3.67. The lowest BCUT2D eigenvalue weighted by molar-refractivity contribution is 0.688. The highest BCUT2D eigenvalue weighted by molar-refractivity contribution is 14.1. The van der Waals surface area contributed by atoms with Gasteiger partial charge in [-0.05, 0) is 47.6 Å². The van der Waals surface area contributed by atoms with Crippen molar-refractivity contribution in [3.05, 3.63) is 49.9 Å². The molecule has 0 atom stereocenters. The third kappa shape index (κ3) is 2.87. The number of aromatic nitrogens is 2. The van der Waals surface area contributed by atoms with E-state index in [1.54, 1.807) is 0 Å². The molecule has 20 heavy (non-hydrogen) atoms. The summed E-state index contributed by atoms with van der Waals surface area (Å²) in [4.78, 5) is 19.5. The molecule has 4 nitrogen and oxygen atoms in total. The van der Waals surface area contributed by atoms with Gasteiger partial charge >= 0.3 is 0 Å². The highest BCUT2D eigenvalue weighted by atomic mass is 127. The molecule has 2 aromatic rings. The molecule has 104 valence electrons. The summed E-state index contributed by atoms with van der Waals surface area (Å²) >= 11 is 2.11. The van der Waals surface area contributed by atoms with E-state index in [9.17, 15) is 4.79 Å². The van der Waals surface area contributed by atoms with Crippen molar-refractivity contribution < 1.29 is 0 Å². The van der Waals surface area contributed by atoms with E-state index in [2.05, 4.69) is 37.9 Å². The highest BCUT2D eigenvalue weighted by Crippen LogP contribution is 2.34. The largest absolute Gasteiger partial charge is 0.326 e. The van der Waals surface area contributed by atoms with Crippen molar-refractivity contribution >= 4 is 34.2 Å². The summed E-state index contributed by atoms with van der Waals surface area (Å²) in [7, 11) is 0. The Hall–Kier alpha value is -1.37. The average molecular weight is 381 g/mol. The molecule has 0 spiro atoms. The zero-order valence-corrected chi connectivity index (χ0v) is 13.2. The van der Waals surface area contributed by atoms with E-state index in [4.69, 9.17) is 0 Å². The molecular formula is C15H16IN3O. The fourth-order valence-corrected chi connectivity index (χ4v) is 3.36. The molecule has 1 aliphatic rings. The van der Waals surface area contributed by atoms with Gasteiger partial charge in [0.15, 0.2) is 0 Å². The van der Waals surface area contributed by atoms with Gasteiger partial charge < -0.3 is 5.32 Å². The van der Waals surface area contributed by atoms with E-state index in [1.807, 2.05) is 30.3 Å². The summed E-state index contributed by atoms with van der Waals surface area (Å²) in [6.07, 6.45) is 4.74. The second-order valence-electron chi connectivity index (χ2n) is 5.09. The number of halogens is 1. The Balaban J connectivity index is 1.94. The molecule has 0 radical (unpaired) electrons. The normalized spacial score (nSPS) is 15.4. The first-order chi connectivity index (χ1) is 9.74. The minimum absolute atomic E-state index is 0.0547. The number of benzene rings is 1. The van der Waals surface area contributed by atoms with Gasteiger partial charge in [-0.15, -0.1) is 0 Å². The quantitative estimate of drug-likeness (QED) is 0.796. The van der Waals surface area contributed by atoms with Crippen LogP contribution in [0.25, 0.3) is 0 Å². The zero-order valence-electron chi connectivity index (χ0n) is 11.0. The van der Waals surface area contributed by atoms with Crippen LogP contribution in [0, 0.1) is 3.57 Å². The maximum Gasteiger partial charge on any atom is 0.266 e. The summed E-state index contributed by atoms with van der Waals surface area (Å²) in [6, 6.07) is 9.76. The smallest absolute Gasteiger partial charge is 0.266 e. The van der Waals surface area contributed by atoms with Crippen molar-refractivity contribution in [1.82, 2.24) is 9.97 Å². The van der Waals surface area contributed by atoms with Gasteiger partial charge in [0, 0.05) is 11.6 Å². The summed E-state index contributed by atoms with van der Waals surface area (Å²) in [5.41, 5.74) is 1.82. The van der Waals surface area contributed by atoms with Gasteiger partial charge in [-0.1, -0.05) is 31.0 Å². The number of anilines is 2. The molecule has 2 N–H and O–H groups in total. The number of para-hydroxylation sites is 1. The number of hydrogen-bond donors (Lipinski definition) is 2. The Morgan fingerprint density at radius 2 is 1.90 bits per heavy atom. The zero-order chi connectivity index (χ0) is 13.9. The van der Waals surface area contributed by atoms with Gasteiger partial charge in [0.25, 0.3) is 5.56 Å². The van der Waals surface area contributed by atoms with Crippen LogP contribution in [0.2, 0.25) is 0 Å². The topological polar surface area (TPSA) is 57.8 Å². The molecule has 0 bridgehead atoms. The number of hydrogen-bond acceptors (Lipinski definition) is 3. The Bertz CT molecular complexity index is 648. The fraction of sp³-hybridized carbons (Fsp3) is 0.333. The Kier molecular flexibility index (Phi) is 4.05. The third-order valence-corrected chi connectivity index (χ3v) is 4.71. The van der Waals surface area contributed by atoms with Crippen LogP contribution >= 0.6 is 22.6 Å². The predicted molar refractivity (Wildman–Crippen MR) is 88.5 cm³/mol. The number of aromatic amines is 1. The minimum atomic E-state index is -0.0547. The number of nitrogens with zero attached hydrogens (tertiary/aromatic N) is 1. The number of H-pyrrole nitrogens is 1. The molecule has 1 aliphatic carbocycles. The molecule has 1 aromatic heterocycles. The molecule has 0 aliphatic heterocycles. The SMILES string of the molecule is O=c1[nH]c(Nc2ccccc2)nc(C2CCCC2)c1I. The standard InChI is InChI=1S/C15H16IN3O/c16-12-13(10-6-4-5-7-10)18-15(19-14(12)20)17-11-8-2-1-3-9-11/h1-3,8-10H,4-7H2,(H2,17,18,19,20). The van der Waals surface area contributed by atoms with Crippen LogP contribution < -0.4 is 10.9 Å². The van der Waals surface area contributed by atoms with Gasteiger partial charge in [-0.3, -0.25) is 9.78 Å². The number of rotatable bonds is 3. The molecule has 0 saturated heterocycles. The molecule has 0 unspecified atom stereocenters. The number of nitrogens with one attached hydrogen (secondary N) is 2. The summed E-state index contributed by atoms with van der Waals surface area (Å²) in [5.74, 6) is 0.962. The maximum absolute atomic E-state index is 12.1. The van der Waals surface area contributed by atoms with E-state index in [1.165, 1.54) is 12.8 Å². The van der Waals surface area contributed by atoms with Gasteiger partial charge in [0.2, 0.25) is 5.95 Å². The molecule has 1 saturated carbocycles. The van der Waals surface area contributed by atoms with Crippen molar-refractivity contribution in [2.75, 3.05) is 5.32 Å². The Morgan fingerprint density at radius 3 is 2.60 bits per heavy atom. The molecule has 1 aromatic carbocycles. The first-order valence-corrected chi connectivity index (χ1v) is 7.93. The van der Waals surface area contributed by atoms with E-state index in [0.29, 0.717) is 11.9 Å². The molecular weight excluding hydrogens is 365 g/mol. The fourth-order valence-electron chi connectivity index (χ4n) is 2.66. The lowest BCUT2D eigenvalue weighted by Crippen LogP contribution is -2.18. The van der Waals surface area contributed by atoms with Crippen LogP contribution in [0.1, 0.15) is 37.3 Å². The molecule has 1 heterocycles. The van der Waals surface area contributed by atoms with E-state index >= 15 is 0 Å². The van der Waals surface area contributed by atoms with Crippen LogP contribution in [-0.4, -0.2) is 9.97 Å². The lowest BCUT2D eigenvalue weighted by Gasteiger charge is -2.13. The summed E-state index contributed by atoms with van der Waals surface area (Å²) < 4.78 is 0.730. The lowest BCUT2D eigenvalue weighted by atomic mass is 10.0. The van der Waals surface area contributed by atoms with Gasteiger partial charge in [-0.25, -0.2) is 4.98 Å². The molecule has 5 heteroatoms. The van der Waals surface area contributed by atoms with Gasteiger partial charge in [0.05, 0.1) is 5.69 Å². The minimum Gasteiger partial charge on any atom is -0.326 e. The van der Waals surface area contributed by atoms with Crippen LogP contribution in [0.4, 0.5) is 11.6 Å². The van der Waals surface area contributed by atoms with Crippen LogP contribution in [-0.2, 0) is 0 Å². The van der Waals surface area contributed by atoms with E-state index in [-0.39, 0.29) is 5.56 Å². The van der Waals surface area contributed by atoms with Crippen LogP contribution in [0.15, 0.2) is 35.1 Å². The van der Waals surface area contributed by atoms with Crippen molar-refractivity contribution in [2.45, 2.75) is 31.6 Å². The second-order valence-corrected chi connectivity index (χ2v) is 6.16. The van der Waals surface area contributed by atoms with Crippen molar-refractivity contribution in [3.63, 3.8) is 0 Å². The molecule has 1 fully saturated rings. The summed E-state index contributed by atoms with van der Waals surface area (Å²) in [5, 5.41) is 3.17. The second kappa shape index (κ2) is 5.95. The van der Waals surface area contributed by atoms with Crippen molar-refractivity contribution in [2.24, 2.45) is 0 Å². The van der Waals surface area contributed by atoms with Crippen LogP contribution in [0.3, 0.4) is 0 Å². The van der Waals surface area contributed by atoms with E-state index < -0.39 is 0 Å². The van der Waals surface area contributed by atoms with Gasteiger partial charge in [-0.2, -0.15) is 0 Å². The summed E-state index contributed by atoms with van der Waals surface area (Å²) in [6.45, 7) is 0.